The first kappa shape index (κ1) is 22.9. The van der Waals surface area contributed by atoms with Gasteiger partial charge in [0.05, 0.1) is 19.4 Å². The van der Waals surface area contributed by atoms with Crippen molar-refractivity contribution in [1.29, 1.82) is 0 Å². The summed E-state index contributed by atoms with van der Waals surface area (Å²) in [7, 11) is 1.66. The van der Waals surface area contributed by atoms with Crippen LogP contribution >= 0.6 is 11.8 Å². The minimum atomic E-state index is -0.160. The van der Waals surface area contributed by atoms with E-state index in [1.54, 1.807) is 18.9 Å². The molecular formula is C24H29N3O3S. The average Bonchev–Trinajstić information content (AvgIpc) is 2.95. The minimum absolute atomic E-state index is 0.160. The first-order valence-corrected chi connectivity index (χ1v) is 11.4. The Morgan fingerprint density at radius 3 is 2.65 bits per heavy atom. The van der Waals surface area contributed by atoms with E-state index in [9.17, 15) is 4.79 Å². The zero-order valence-corrected chi connectivity index (χ0v) is 19.1. The van der Waals surface area contributed by atoms with Crippen molar-refractivity contribution in [3.63, 3.8) is 0 Å². The van der Waals surface area contributed by atoms with Crippen LogP contribution in [0, 0.1) is 0 Å². The summed E-state index contributed by atoms with van der Waals surface area (Å²) in [6.45, 7) is 4.85. The molecule has 1 amide bonds. The third-order valence-corrected chi connectivity index (χ3v) is 5.81. The number of carbonyl (C=O) groups is 1. The van der Waals surface area contributed by atoms with Crippen LogP contribution in [0.1, 0.15) is 37.8 Å². The van der Waals surface area contributed by atoms with Crippen LogP contribution in [0.2, 0.25) is 0 Å². The summed E-state index contributed by atoms with van der Waals surface area (Å²) in [5.41, 5.74) is 9.60. The Morgan fingerprint density at radius 1 is 1.19 bits per heavy atom. The first-order valence-electron chi connectivity index (χ1n) is 10.4. The number of aliphatic imine (C=N–C) groups is 1. The Morgan fingerprint density at radius 2 is 1.97 bits per heavy atom. The van der Waals surface area contributed by atoms with Gasteiger partial charge in [-0.2, -0.15) is 0 Å². The number of nitrogens with two attached hydrogens (primary N) is 1. The van der Waals surface area contributed by atoms with Gasteiger partial charge in [0.25, 0.3) is 5.91 Å². The van der Waals surface area contributed by atoms with Crippen molar-refractivity contribution in [2.45, 2.75) is 37.3 Å². The van der Waals surface area contributed by atoms with Crippen molar-refractivity contribution >= 4 is 35.3 Å². The van der Waals surface area contributed by atoms with E-state index < -0.39 is 0 Å². The number of benzene rings is 2. The fourth-order valence-electron chi connectivity index (χ4n) is 3.23. The summed E-state index contributed by atoms with van der Waals surface area (Å²) in [5, 5.41) is 1.42. The summed E-state index contributed by atoms with van der Waals surface area (Å²) >= 11 is 1.73. The highest BCUT2D eigenvalue weighted by Crippen LogP contribution is 2.33. The van der Waals surface area contributed by atoms with Crippen LogP contribution < -0.4 is 10.5 Å². The number of hydroxylamine groups is 2. The number of methoxy groups -OCH3 is 1. The lowest BCUT2D eigenvalue weighted by Crippen LogP contribution is -2.34. The fraction of sp³-hybridized carbons (Fsp3) is 0.333. The van der Waals surface area contributed by atoms with Gasteiger partial charge in [0.2, 0.25) is 0 Å². The Kier molecular flexibility index (Phi) is 8.14. The molecule has 2 aromatic carbocycles. The Bertz CT molecular complexity index is 965. The van der Waals surface area contributed by atoms with E-state index in [1.165, 1.54) is 10.6 Å². The summed E-state index contributed by atoms with van der Waals surface area (Å²) in [5.74, 6) is 1.95. The molecule has 0 radical (unpaired) electrons. The number of nitrogens with zero attached hydrogens (tertiary/aromatic N) is 2. The lowest BCUT2D eigenvalue weighted by molar-refractivity contribution is -0.180. The van der Waals surface area contributed by atoms with E-state index in [2.05, 4.69) is 23.2 Å². The molecule has 0 aliphatic carbocycles. The van der Waals surface area contributed by atoms with Crippen molar-refractivity contribution in [1.82, 2.24) is 5.06 Å². The summed E-state index contributed by atoms with van der Waals surface area (Å²) in [6, 6.07) is 14.1. The monoisotopic (exact) mass is 439 g/mol. The van der Waals surface area contributed by atoms with E-state index in [0.29, 0.717) is 31.0 Å². The molecule has 0 bridgehead atoms. The summed E-state index contributed by atoms with van der Waals surface area (Å²) in [4.78, 5) is 24.1. The van der Waals surface area contributed by atoms with Crippen LogP contribution in [0.15, 0.2) is 57.9 Å². The van der Waals surface area contributed by atoms with Crippen LogP contribution in [0.4, 0.5) is 5.69 Å². The first-order chi connectivity index (χ1) is 15.0. The Balaban J connectivity index is 1.78. The summed E-state index contributed by atoms with van der Waals surface area (Å²) in [6.07, 6.45) is 2.99. The highest BCUT2D eigenvalue weighted by molar-refractivity contribution is 7.98. The molecule has 2 N–H and O–H groups in total. The van der Waals surface area contributed by atoms with Crippen LogP contribution in [0.25, 0.3) is 6.08 Å². The number of hydrogen-bond donors (Lipinski definition) is 1. The molecule has 0 unspecified atom stereocenters. The number of thioether (sulfide) groups is 1. The largest absolute Gasteiger partial charge is 0.497 e. The molecule has 2 aromatic rings. The second-order valence-corrected chi connectivity index (χ2v) is 8.18. The molecule has 0 saturated carbocycles. The van der Waals surface area contributed by atoms with Gasteiger partial charge in [-0.25, -0.2) is 10.1 Å². The molecule has 6 nitrogen and oxygen atoms in total. The second-order valence-electron chi connectivity index (χ2n) is 7.13. The van der Waals surface area contributed by atoms with Crippen LogP contribution in [-0.4, -0.2) is 37.1 Å². The highest BCUT2D eigenvalue weighted by Gasteiger charge is 2.22. The third-order valence-electron chi connectivity index (χ3n) is 4.74. The topological polar surface area (TPSA) is 77.1 Å². The quantitative estimate of drug-likeness (QED) is 0.442. The van der Waals surface area contributed by atoms with Gasteiger partial charge in [0.15, 0.2) is 0 Å². The van der Waals surface area contributed by atoms with E-state index in [1.807, 2.05) is 44.2 Å². The maximum atomic E-state index is 13.0. The fourth-order valence-corrected chi connectivity index (χ4v) is 4.11. The number of amides is 1. The SMILES string of the molecule is CCCN(OCC)C(=O)C1=Cc2ccc(SCc3ccc(OC)cc3)cc2N=C(N)C1. The maximum Gasteiger partial charge on any atom is 0.273 e. The second kappa shape index (κ2) is 11.0. The van der Waals surface area contributed by atoms with E-state index in [0.717, 1.165) is 34.1 Å². The number of rotatable bonds is 9. The lowest BCUT2D eigenvalue weighted by Gasteiger charge is -2.21. The van der Waals surface area contributed by atoms with Crippen LogP contribution in [0.3, 0.4) is 0 Å². The van der Waals surface area contributed by atoms with Gasteiger partial charge in [-0.3, -0.25) is 9.63 Å². The zero-order valence-electron chi connectivity index (χ0n) is 18.3. The van der Waals surface area contributed by atoms with Gasteiger partial charge < -0.3 is 10.5 Å². The Hall–Kier alpha value is -2.77. The number of fused-ring (bicyclic) bond motifs is 1. The van der Waals surface area contributed by atoms with Gasteiger partial charge in [0.1, 0.15) is 11.6 Å². The van der Waals surface area contributed by atoms with Crippen molar-refractivity contribution < 1.29 is 14.4 Å². The van der Waals surface area contributed by atoms with Crippen LogP contribution in [-0.2, 0) is 15.4 Å². The maximum absolute atomic E-state index is 13.0. The molecule has 164 valence electrons. The normalized spacial score (nSPS) is 13.0. The highest BCUT2D eigenvalue weighted by atomic mass is 32.2. The molecule has 7 heteroatoms. The number of ether oxygens (including phenoxy) is 1. The molecular weight excluding hydrogens is 410 g/mol. The molecule has 1 aliphatic heterocycles. The average molecular weight is 440 g/mol. The number of amidine groups is 1. The van der Waals surface area contributed by atoms with Crippen molar-refractivity contribution in [2.75, 3.05) is 20.3 Å². The van der Waals surface area contributed by atoms with Gasteiger partial charge in [-0.1, -0.05) is 25.1 Å². The molecule has 0 saturated heterocycles. The Labute approximate surface area is 188 Å². The molecule has 31 heavy (non-hydrogen) atoms. The van der Waals surface area contributed by atoms with Crippen molar-refractivity contribution in [3.05, 3.63) is 59.2 Å². The minimum Gasteiger partial charge on any atom is -0.497 e. The smallest absolute Gasteiger partial charge is 0.273 e. The van der Waals surface area contributed by atoms with Crippen molar-refractivity contribution in [2.24, 2.45) is 10.7 Å². The van der Waals surface area contributed by atoms with Gasteiger partial charge >= 0.3 is 0 Å². The standard InChI is InChI=1S/C24H29N3O3S/c1-4-12-27(30-5-2)24(28)19-13-18-8-11-21(15-22(18)26-23(25)14-19)31-16-17-6-9-20(29-3)10-7-17/h6-11,13,15H,4-5,12,14,16H2,1-3H3,(H2,25,26). The molecule has 0 spiro atoms. The predicted molar refractivity (Wildman–Crippen MR) is 127 cm³/mol. The van der Waals surface area contributed by atoms with E-state index in [-0.39, 0.29) is 5.91 Å². The predicted octanol–water partition coefficient (Wildman–Crippen LogP) is 4.95. The molecule has 0 aromatic heterocycles. The lowest BCUT2D eigenvalue weighted by atomic mass is 10.1. The molecule has 0 fully saturated rings. The molecule has 1 aliphatic rings. The van der Waals surface area contributed by atoms with E-state index in [4.69, 9.17) is 15.3 Å². The zero-order chi connectivity index (χ0) is 22.2. The molecule has 0 atom stereocenters. The summed E-state index contributed by atoms with van der Waals surface area (Å²) < 4.78 is 5.21. The van der Waals surface area contributed by atoms with E-state index >= 15 is 0 Å². The molecule has 3 rings (SSSR count). The van der Waals surface area contributed by atoms with Crippen molar-refractivity contribution in [3.8, 4) is 5.75 Å². The van der Waals surface area contributed by atoms with Gasteiger partial charge in [0, 0.05) is 34.8 Å². The number of hydrogen-bond acceptors (Lipinski definition) is 6. The van der Waals surface area contributed by atoms with Gasteiger partial charge in [-0.15, -0.1) is 11.8 Å². The van der Waals surface area contributed by atoms with Crippen LogP contribution in [0.5, 0.6) is 5.75 Å². The number of carbonyl (C=O) groups excluding carboxylic acids is 1. The molecule has 1 heterocycles. The third kappa shape index (κ3) is 6.12. The van der Waals surface area contributed by atoms with Gasteiger partial charge in [-0.05, 0) is 49.2 Å².